The zero-order chi connectivity index (χ0) is 13.3. The number of benzene rings is 1. The largest absolute Gasteiger partial charge is 0.287 e. The van der Waals surface area contributed by atoms with Crippen molar-refractivity contribution in [2.24, 2.45) is 0 Å². The average molecular weight is 248 g/mol. The molecule has 2 rings (SSSR count). The molecule has 0 atom stereocenters. The minimum atomic E-state index is -0.889. The topological polar surface area (TPSA) is 42.9 Å². The number of hydrogen-bond donors (Lipinski definition) is 0. The third-order valence-electron chi connectivity index (χ3n) is 2.52. The summed E-state index contributed by atoms with van der Waals surface area (Å²) in [6, 6.07) is 3.68. The maximum absolute atomic E-state index is 13.8. The average Bonchev–Trinajstić information content (AvgIpc) is 2.34. The van der Waals surface area contributed by atoms with Gasteiger partial charge in [0.2, 0.25) is 5.78 Å². The number of rotatable bonds is 2. The van der Waals surface area contributed by atoms with Gasteiger partial charge in [-0.1, -0.05) is 6.07 Å². The Bertz CT molecular complexity index is 626. The number of carbonyl (C=O) groups is 1. The predicted molar refractivity (Wildman–Crippen MR) is 61.3 cm³/mol. The Kier molecular flexibility index (Phi) is 3.14. The summed E-state index contributed by atoms with van der Waals surface area (Å²) in [5.41, 5.74) is -0.385. The van der Waals surface area contributed by atoms with Gasteiger partial charge in [-0.3, -0.25) is 4.79 Å². The van der Waals surface area contributed by atoms with Crippen molar-refractivity contribution in [2.45, 2.75) is 13.8 Å². The first kappa shape index (κ1) is 12.3. The molecule has 3 nitrogen and oxygen atoms in total. The second-order valence-corrected chi connectivity index (χ2v) is 3.87. The maximum atomic E-state index is 13.8. The van der Waals surface area contributed by atoms with Crippen molar-refractivity contribution in [2.75, 3.05) is 0 Å². The van der Waals surface area contributed by atoms with E-state index in [-0.39, 0.29) is 11.3 Å². The van der Waals surface area contributed by atoms with Gasteiger partial charge in [-0.2, -0.15) is 0 Å². The van der Waals surface area contributed by atoms with Crippen LogP contribution in [0.5, 0.6) is 0 Å². The molecule has 2 aromatic rings. The first-order chi connectivity index (χ1) is 8.50. The van der Waals surface area contributed by atoms with Crippen molar-refractivity contribution in [3.05, 3.63) is 58.7 Å². The molecule has 0 aliphatic heterocycles. The fourth-order valence-corrected chi connectivity index (χ4v) is 1.58. The summed E-state index contributed by atoms with van der Waals surface area (Å²) in [5, 5.41) is 0. The summed E-state index contributed by atoms with van der Waals surface area (Å²) in [5.74, 6) is -2.15. The number of carbonyl (C=O) groups excluding carboxylic acids is 1. The Morgan fingerprint density at radius 2 is 1.89 bits per heavy atom. The van der Waals surface area contributed by atoms with E-state index in [1.807, 2.05) is 0 Å². The molecule has 0 aliphatic carbocycles. The van der Waals surface area contributed by atoms with E-state index in [0.29, 0.717) is 5.82 Å². The molecular formula is C13H10F2N2O. The highest BCUT2D eigenvalue weighted by Crippen LogP contribution is 2.19. The molecule has 0 amide bonds. The van der Waals surface area contributed by atoms with Crippen molar-refractivity contribution < 1.29 is 13.6 Å². The summed E-state index contributed by atoms with van der Waals surface area (Å²) >= 11 is 0. The highest BCUT2D eigenvalue weighted by atomic mass is 19.1. The highest BCUT2D eigenvalue weighted by molar-refractivity contribution is 6.08. The van der Waals surface area contributed by atoms with E-state index in [9.17, 15) is 13.6 Å². The molecule has 0 bridgehead atoms. The third-order valence-corrected chi connectivity index (χ3v) is 2.52. The lowest BCUT2D eigenvalue weighted by atomic mass is 10.0. The van der Waals surface area contributed by atoms with Crippen molar-refractivity contribution in [1.29, 1.82) is 0 Å². The van der Waals surface area contributed by atoms with Crippen LogP contribution in [-0.4, -0.2) is 15.8 Å². The van der Waals surface area contributed by atoms with E-state index in [1.165, 1.54) is 25.3 Å². The van der Waals surface area contributed by atoms with Gasteiger partial charge in [-0.05, 0) is 31.5 Å². The lowest BCUT2D eigenvalue weighted by Crippen LogP contribution is -2.11. The van der Waals surface area contributed by atoms with E-state index in [2.05, 4.69) is 9.97 Å². The van der Waals surface area contributed by atoms with Crippen LogP contribution in [0.3, 0.4) is 0 Å². The van der Waals surface area contributed by atoms with Crippen LogP contribution in [0.4, 0.5) is 8.78 Å². The fourth-order valence-electron chi connectivity index (χ4n) is 1.58. The van der Waals surface area contributed by atoms with Crippen molar-refractivity contribution in [3.63, 3.8) is 0 Å². The minimum absolute atomic E-state index is 0.0223. The summed E-state index contributed by atoms with van der Waals surface area (Å²) in [6.45, 7) is 3.07. The van der Waals surface area contributed by atoms with Crippen LogP contribution < -0.4 is 0 Å². The van der Waals surface area contributed by atoms with Gasteiger partial charge in [0.15, 0.2) is 0 Å². The molecule has 1 aromatic heterocycles. The van der Waals surface area contributed by atoms with Gasteiger partial charge in [-0.15, -0.1) is 0 Å². The van der Waals surface area contributed by atoms with Crippen LogP contribution in [0.1, 0.15) is 27.4 Å². The van der Waals surface area contributed by atoms with E-state index < -0.39 is 23.0 Å². The van der Waals surface area contributed by atoms with Crippen LogP contribution in [0.25, 0.3) is 0 Å². The van der Waals surface area contributed by atoms with Crippen molar-refractivity contribution in [1.82, 2.24) is 9.97 Å². The molecule has 0 N–H and O–H groups in total. The smallest absolute Gasteiger partial charge is 0.217 e. The van der Waals surface area contributed by atoms with Crippen molar-refractivity contribution in [3.8, 4) is 0 Å². The van der Waals surface area contributed by atoms with Crippen LogP contribution in [-0.2, 0) is 0 Å². The second kappa shape index (κ2) is 4.60. The molecule has 0 saturated carbocycles. The van der Waals surface area contributed by atoms with Crippen LogP contribution in [0.2, 0.25) is 0 Å². The van der Waals surface area contributed by atoms with Gasteiger partial charge in [0.1, 0.15) is 23.2 Å². The van der Waals surface area contributed by atoms with Gasteiger partial charge in [0, 0.05) is 6.20 Å². The number of nitrogens with zero attached hydrogens (tertiary/aromatic N) is 2. The van der Waals surface area contributed by atoms with Gasteiger partial charge >= 0.3 is 0 Å². The Hall–Kier alpha value is -2.17. The van der Waals surface area contributed by atoms with E-state index >= 15 is 0 Å². The van der Waals surface area contributed by atoms with Gasteiger partial charge in [-0.25, -0.2) is 18.7 Å². The maximum Gasteiger partial charge on any atom is 0.217 e. The summed E-state index contributed by atoms with van der Waals surface area (Å²) in [7, 11) is 0. The number of aromatic nitrogens is 2. The minimum Gasteiger partial charge on any atom is -0.287 e. The number of ketones is 1. The van der Waals surface area contributed by atoms with E-state index in [1.54, 1.807) is 6.92 Å². The quantitative estimate of drug-likeness (QED) is 0.767. The molecule has 1 aromatic carbocycles. The monoisotopic (exact) mass is 248 g/mol. The fraction of sp³-hybridized carbons (Fsp3) is 0.154. The van der Waals surface area contributed by atoms with E-state index in [0.717, 1.165) is 6.07 Å². The number of halogens is 2. The normalized spacial score (nSPS) is 10.4. The Morgan fingerprint density at radius 1 is 1.17 bits per heavy atom. The van der Waals surface area contributed by atoms with Gasteiger partial charge in [0.25, 0.3) is 0 Å². The first-order valence-corrected chi connectivity index (χ1v) is 5.29. The molecule has 92 valence electrons. The van der Waals surface area contributed by atoms with Gasteiger partial charge in [0.05, 0.1) is 5.56 Å². The molecule has 0 radical (unpaired) electrons. The SMILES string of the molecule is Cc1nccc(C(=O)c2c(F)ccc(C)c2F)n1. The molecule has 5 heteroatoms. The number of hydrogen-bond acceptors (Lipinski definition) is 3. The van der Waals surface area contributed by atoms with Crippen LogP contribution in [0.15, 0.2) is 24.4 Å². The Labute approximate surface area is 103 Å². The highest BCUT2D eigenvalue weighted by Gasteiger charge is 2.21. The molecule has 0 saturated heterocycles. The zero-order valence-electron chi connectivity index (χ0n) is 9.87. The summed E-state index contributed by atoms with van der Waals surface area (Å²) in [6.07, 6.45) is 1.38. The molecule has 0 unspecified atom stereocenters. The molecule has 0 fully saturated rings. The number of aryl methyl sites for hydroxylation is 2. The molecular weight excluding hydrogens is 238 g/mol. The predicted octanol–water partition coefficient (Wildman–Crippen LogP) is 2.60. The van der Waals surface area contributed by atoms with Crippen LogP contribution in [0, 0.1) is 25.5 Å². The lowest BCUT2D eigenvalue weighted by molar-refractivity contribution is 0.102. The molecule has 0 spiro atoms. The summed E-state index contributed by atoms with van der Waals surface area (Å²) < 4.78 is 27.4. The molecule has 0 aliphatic rings. The second-order valence-electron chi connectivity index (χ2n) is 3.87. The van der Waals surface area contributed by atoms with Crippen LogP contribution >= 0.6 is 0 Å². The van der Waals surface area contributed by atoms with Crippen molar-refractivity contribution >= 4 is 5.78 Å². The zero-order valence-corrected chi connectivity index (χ0v) is 9.87. The van der Waals surface area contributed by atoms with Gasteiger partial charge < -0.3 is 0 Å². The third kappa shape index (κ3) is 2.11. The summed E-state index contributed by atoms with van der Waals surface area (Å²) in [4.78, 5) is 19.7. The first-order valence-electron chi connectivity index (χ1n) is 5.29. The van der Waals surface area contributed by atoms with E-state index in [4.69, 9.17) is 0 Å². The lowest BCUT2D eigenvalue weighted by Gasteiger charge is -2.06. The molecule has 18 heavy (non-hydrogen) atoms. The standard InChI is InChI=1S/C13H10F2N2O/c1-7-3-4-9(14)11(12(7)15)13(18)10-5-6-16-8(2)17-10/h3-6H,1-2H3. The Balaban J connectivity index is 2.56. The Morgan fingerprint density at radius 3 is 2.56 bits per heavy atom. The molecule has 1 heterocycles.